The fourth-order valence-electron chi connectivity index (χ4n) is 4.40. The molecule has 0 aromatic heterocycles. The molecule has 0 bridgehead atoms. The van der Waals surface area contributed by atoms with Crippen LogP contribution in [0.2, 0.25) is 0 Å². The Morgan fingerprint density at radius 2 is 1.18 bits per heavy atom. The lowest BCUT2D eigenvalue weighted by molar-refractivity contribution is -0.0898. The first-order valence-corrected chi connectivity index (χ1v) is 13.4. The molecule has 7 heteroatoms. The van der Waals surface area contributed by atoms with Crippen LogP contribution in [0.15, 0.2) is 91.0 Å². The van der Waals surface area contributed by atoms with Gasteiger partial charge in [-0.05, 0) is 37.5 Å². The Morgan fingerprint density at radius 1 is 0.718 bits per heavy atom. The highest BCUT2D eigenvalue weighted by atomic mass is 16.6. The van der Waals surface area contributed by atoms with Gasteiger partial charge in [-0.3, -0.25) is 0 Å². The molecule has 7 nitrogen and oxygen atoms in total. The van der Waals surface area contributed by atoms with E-state index in [0.717, 1.165) is 16.7 Å². The van der Waals surface area contributed by atoms with Gasteiger partial charge in [-0.2, -0.15) is 0 Å². The van der Waals surface area contributed by atoms with Crippen molar-refractivity contribution in [2.75, 3.05) is 13.2 Å². The summed E-state index contributed by atoms with van der Waals surface area (Å²) in [7, 11) is 0. The maximum atomic E-state index is 12.4. The normalized spacial score (nSPS) is 21.0. The molecule has 0 aliphatic carbocycles. The fourth-order valence-corrected chi connectivity index (χ4v) is 4.40. The van der Waals surface area contributed by atoms with E-state index in [-0.39, 0.29) is 12.6 Å². The van der Waals surface area contributed by atoms with E-state index < -0.39 is 30.0 Å². The van der Waals surface area contributed by atoms with Crippen LogP contribution in [0.3, 0.4) is 0 Å². The first-order valence-electron chi connectivity index (χ1n) is 13.4. The number of rotatable bonds is 12. The second kappa shape index (κ2) is 14.2. The molecule has 208 valence electrons. The van der Waals surface area contributed by atoms with Crippen LogP contribution < -0.4 is 5.32 Å². The Hall–Kier alpha value is -3.23. The molecule has 3 aromatic rings. The zero-order chi connectivity index (χ0) is 27.5. The standard InChI is InChI=1S/C32H39NO6/c1-32(2,3)39-31(34)33-19-27-29(36-21-25-15-9-5-10-16-25)30(37-22-26-17-11-6-12-18-26)28(38-27)23-35-20-24-13-7-4-8-14-24/h4-18,27-30H,19-23H2,1-3H3,(H,33,34)/t27-,28-,29+,30+/m0/s1. The summed E-state index contributed by atoms with van der Waals surface area (Å²) in [5.74, 6) is 0. The Bertz CT molecular complexity index is 1120. The van der Waals surface area contributed by atoms with Crippen LogP contribution in [0.25, 0.3) is 0 Å². The van der Waals surface area contributed by atoms with Gasteiger partial charge < -0.3 is 29.0 Å². The van der Waals surface area contributed by atoms with Gasteiger partial charge in [-0.25, -0.2) is 4.79 Å². The number of alkyl carbamates (subject to hydrolysis) is 1. The molecule has 1 saturated heterocycles. The third kappa shape index (κ3) is 9.48. The van der Waals surface area contributed by atoms with Crippen molar-refractivity contribution >= 4 is 6.09 Å². The van der Waals surface area contributed by atoms with E-state index in [1.54, 1.807) is 0 Å². The lowest BCUT2D eigenvalue weighted by Gasteiger charge is -2.26. The quantitative estimate of drug-likeness (QED) is 0.324. The Morgan fingerprint density at radius 3 is 1.67 bits per heavy atom. The molecular weight excluding hydrogens is 494 g/mol. The van der Waals surface area contributed by atoms with Gasteiger partial charge in [0.25, 0.3) is 0 Å². The Labute approximate surface area is 231 Å². The molecule has 1 aliphatic heterocycles. The van der Waals surface area contributed by atoms with Gasteiger partial charge in [-0.1, -0.05) is 91.0 Å². The van der Waals surface area contributed by atoms with Crippen molar-refractivity contribution in [3.8, 4) is 0 Å². The van der Waals surface area contributed by atoms with Gasteiger partial charge in [0.15, 0.2) is 0 Å². The largest absolute Gasteiger partial charge is 0.444 e. The van der Waals surface area contributed by atoms with Crippen molar-refractivity contribution in [2.45, 2.75) is 70.6 Å². The molecule has 4 rings (SSSR count). The molecule has 1 N–H and O–H groups in total. The predicted molar refractivity (Wildman–Crippen MR) is 149 cm³/mol. The van der Waals surface area contributed by atoms with Crippen LogP contribution in [-0.2, 0) is 43.5 Å². The van der Waals surface area contributed by atoms with E-state index in [9.17, 15) is 4.79 Å². The van der Waals surface area contributed by atoms with Crippen molar-refractivity contribution in [3.05, 3.63) is 108 Å². The second-order valence-corrected chi connectivity index (χ2v) is 10.6. The lowest BCUT2D eigenvalue weighted by Crippen LogP contribution is -2.44. The highest BCUT2D eigenvalue weighted by Gasteiger charge is 2.46. The third-order valence-corrected chi connectivity index (χ3v) is 6.22. The smallest absolute Gasteiger partial charge is 0.407 e. The number of hydrogen-bond acceptors (Lipinski definition) is 6. The number of carbonyl (C=O) groups is 1. The molecule has 4 atom stereocenters. The molecule has 0 unspecified atom stereocenters. The molecule has 1 amide bonds. The first kappa shape index (κ1) is 28.8. The molecule has 0 radical (unpaired) electrons. The van der Waals surface area contributed by atoms with Crippen molar-refractivity contribution in [2.24, 2.45) is 0 Å². The minimum atomic E-state index is -0.598. The summed E-state index contributed by atoms with van der Waals surface area (Å²) in [6, 6.07) is 30.0. The average molecular weight is 534 g/mol. The van der Waals surface area contributed by atoms with Crippen molar-refractivity contribution in [1.29, 1.82) is 0 Å². The summed E-state index contributed by atoms with van der Waals surface area (Å²) in [6.45, 7) is 7.29. The number of amides is 1. The molecule has 39 heavy (non-hydrogen) atoms. The zero-order valence-electron chi connectivity index (χ0n) is 23.0. The Balaban J connectivity index is 1.48. The number of benzene rings is 3. The average Bonchev–Trinajstić information content (AvgIpc) is 3.26. The van der Waals surface area contributed by atoms with Gasteiger partial charge in [0, 0.05) is 6.54 Å². The van der Waals surface area contributed by atoms with E-state index in [4.69, 9.17) is 23.7 Å². The summed E-state index contributed by atoms with van der Waals surface area (Å²) < 4.78 is 30.8. The van der Waals surface area contributed by atoms with Crippen LogP contribution in [0.1, 0.15) is 37.5 Å². The van der Waals surface area contributed by atoms with Crippen LogP contribution in [0.4, 0.5) is 4.79 Å². The minimum Gasteiger partial charge on any atom is -0.444 e. The molecule has 3 aromatic carbocycles. The lowest BCUT2D eigenvalue weighted by atomic mass is 10.1. The van der Waals surface area contributed by atoms with Crippen molar-refractivity contribution in [1.82, 2.24) is 5.32 Å². The van der Waals surface area contributed by atoms with Crippen molar-refractivity contribution in [3.63, 3.8) is 0 Å². The monoisotopic (exact) mass is 533 g/mol. The SMILES string of the molecule is CC(C)(C)OC(=O)NC[C@@H]1O[C@@H](COCc2ccccc2)[C@@H](OCc2ccccc2)[C@@H]1OCc1ccccc1. The highest BCUT2D eigenvalue weighted by Crippen LogP contribution is 2.29. The summed E-state index contributed by atoms with van der Waals surface area (Å²) in [4.78, 5) is 12.4. The summed E-state index contributed by atoms with van der Waals surface area (Å²) in [5.41, 5.74) is 2.58. The van der Waals surface area contributed by atoms with Crippen LogP contribution >= 0.6 is 0 Å². The summed E-state index contributed by atoms with van der Waals surface area (Å²) in [6.07, 6.45) is -2.18. The minimum absolute atomic E-state index is 0.217. The molecule has 1 heterocycles. The molecular formula is C32H39NO6. The molecule has 1 fully saturated rings. The van der Waals surface area contributed by atoms with Gasteiger partial charge in [-0.15, -0.1) is 0 Å². The predicted octanol–water partition coefficient (Wildman–Crippen LogP) is 5.67. The molecule has 1 aliphatic rings. The first-order chi connectivity index (χ1) is 18.9. The van der Waals surface area contributed by atoms with E-state index in [0.29, 0.717) is 26.4 Å². The maximum Gasteiger partial charge on any atom is 0.407 e. The Kier molecular flexibility index (Phi) is 10.5. The van der Waals surface area contributed by atoms with Crippen molar-refractivity contribution < 1.29 is 28.5 Å². The maximum absolute atomic E-state index is 12.4. The molecule has 0 saturated carbocycles. The van der Waals surface area contributed by atoms with E-state index in [1.165, 1.54) is 0 Å². The summed E-state index contributed by atoms with van der Waals surface area (Å²) in [5, 5.41) is 2.84. The fraction of sp³-hybridized carbons (Fsp3) is 0.406. The zero-order valence-corrected chi connectivity index (χ0v) is 23.0. The van der Waals surface area contributed by atoms with Crippen LogP contribution in [-0.4, -0.2) is 49.3 Å². The van der Waals surface area contributed by atoms with Crippen LogP contribution in [0.5, 0.6) is 0 Å². The van der Waals surface area contributed by atoms with Gasteiger partial charge in [0.05, 0.1) is 26.4 Å². The van der Waals surface area contributed by atoms with Gasteiger partial charge >= 0.3 is 6.09 Å². The highest BCUT2D eigenvalue weighted by molar-refractivity contribution is 5.67. The number of nitrogens with one attached hydrogen (secondary N) is 1. The van der Waals surface area contributed by atoms with E-state index in [1.807, 2.05) is 112 Å². The number of hydrogen-bond donors (Lipinski definition) is 1. The topological polar surface area (TPSA) is 75.3 Å². The number of carbonyl (C=O) groups excluding carboxylic acids is 1. The molecule has 0 spiro atoms. The van der Waals surface area contributed by atoms with Crippen LogP contribution in [0, 0.1) is 0 Å². The van der Waals surface area contributed by atoms with Gasteiger partial charge in [0.2, 0.25) is 0 Å². The summed E-state index contributed by atoms with van der Waals surface area (Å²) >= 11 is 0. The van der Waals surface area contributed by atoms with Gasteiger partial charge in [0.1, 0.15) is 30.0 Å². The number of ether oxygens (including phenoxy) is 5. The van der Waals surface area contributed by atoms with E-state index >= 15 is 0 Å². The van der Waals surface area contributed by atoms with E-state index in [2.05, 4.69) is 5.32 Å². The third-order valence-electron chi connectivity index (χ3n) is 6.22. The second-order valence-electron chi connectivity index (χ2n) is 10.6.